The van der Waals surface area contributed by atoms with Gasteiger partial charge in [0, 0.05) is 6.54 Å². The molecule has 2 N–H and O–H groups in total. The number of nitrogens with one attached hydrogen (secondary N) is 2. The highest BCUT2D eigenvalue weighted by molar-refractivity contribution is 6.01. The summed E-state index contributed by atoms with van der Waals surface area (Å²) < 4.78 is 46.2. The average molecular weight is 336 g/mol. The van der Waals surface area contributed by atoms with E-state index >= 15 is 0 Å². The number of hydrogen-bond acceptors (Lipinski definition) is 3. The molecule has 0 saturated carbocycles. The first kappa shape index (κ1) is 16.3. The van der Waals surface area contributed by atoms with Gasteiger partial charge >= 0.3 is 11.9 Å². The van der Waals surface area contributed by atoms with Crippen molar-refractivity contribution in [2.45, 2.75) is 25.4 Å². The highest BCUT2D eigenvalue weighted by Crippen LogP contribution is 2.41. The third-order valence-electron chi connectivity index (χ3n) is 3.75. The van der Waals surface area contributed by atoms with Crippen molar-refractivity contribution in [2.75, 3.05) is 5.32 Å². The Morgan fingerprint density at radius 1 is 1.17 bits per heavy atom. The molecule has 3 rings (SSSR count). The van der Waals surface area contributed by atoms with E-state index in [0.29, 0.717) is 5.56 Å². The van der Waals surface area contributed by atoms with Crippen molar-refractivity contribution in [3.05, 3.63) is 59.7 Å². The Labute approximate surface area is 136 Å². The van der Waals surface area contributed by atoms with Gasteiger partial charge < -0.3 is 10.1 Å². The quantitative estimate of drug-likeness (QED) is 0.903. The van der Waals surface area contributed by atoms with Gasteiger partial charge in [0.15, 0.2) is 0 Å². The molecule has 126 valence electrons. The van der Waals surface area contributed by atoms with E-state index < -0.39 is 17.8 Å². The maximum absolute atomic E-state index is 13.7. The monoisotopic (exact) mass is 336 g/mol. The molecule has 1 atom stereocenters. The molecule has 4 nitrogen and oxygen atoms in total. The minimum absolute atomic E-state index is 0.0208. The fourth-order valence-electron chi connectivity index (χ4n) is 2.46. The van der Waals surface area contributed by atoms with Crippen LogP contribution in [0.2, 0.25) is 0 Å². The first-order chi connectivity index (χ1) is 11.3. The summed E-state index contributed by atoms with van der Waals surface area (Å²) >= 11 is 0. The van der Waals surface area contributed by atoms with Crippen molar-refractivity contribution in [3.8, 4) is 5.75 Å². The number of hydrogen-bond donors (Lipinski definition) is 2. The van der Waals surface area contributed by atoms with Crippen LogP contribution in [0.15, 0.2) is 48.5 Å². The maximum atomic E-state index is 13.7. The van der Waals surface area contributed by atoms with E-state index in [2.05, 4.69) is 10.6 Å². The lowest BCUT2D eigenvalue weighted by Gasteiger charge is -2.39. The summed E-state index contributed by atoms with van der Waals surface area (Å²) in [6, 6.07) is 13.1. The maximum Gasteiger partial charge on any atom is 0.453 e. The van der Waals surface area contributed by atoms with Crippen molar-refractivity contribution in [1.29, 1.82) is 0 Å². The number of carbonyl (C=O) groups is 1. The molecule has 0 radical (unpaired) electrons. The van der Waals surface area contributed by atoms with Crippen LogP contribution in [0.5, 0.6) is 5.75 Å². The number of ether oxygens (including phenoxy) is 1. The molecule has 0 spiro atoms. The third-order valence-corrected chi connectivity index (χ3v) is 3.75. The standard InChI is InChI=1S/C17H15F3N2O2/c1-11-7-8-13-14(9-11)24-16(15(23)22-13,17(18,19)20)21-10-12-5-3-2-4-6-12/h2-9,21H,10H2,1H3,(H,22,23)/t16-/m0/s1. The summed E-state index contributed by atoms with van der Waals surface area (Å²) in [6.07, 6.45) is -4.94. The zero-order chi connectivity index (χ0) is 17.4. The smallest absolute Gasteiger partial charge is 0.453 e. The summed E-state index contributed by atoms with van der Waals surface area (Å²) in [5.74, 6) is -1.31. The Morgan fingerprint density at radius 2 is 1.88 bits per heavy atom. The Balaban J connectivity index is 1.95. The van der Waals surface area contributed by atoms with E-state index in [9.17, 15) is 18.0 Å². The van der Waals surface area contributed by atoms with Crippen LogP contribution in [0, 0.1) is 6.92 Å². The van der Waals surface area contributed by atoms with Crippen LogP contribution >= 0.6 is 0 Å². The fourth-order valence-corrected chi connectivity index (χ4v) is 2.46. The summed E-state index contributed by atoms with van der Waals surface area (Å²) in [4.78, 5) is 12.2. The molecule has 1 heterocycles. The average Bonchev–Trinajstić information content (AvgIpc) is 2.53. The van der Waals surface area contributed by atoms with E-state index in [4.69, 9.17) is 4.74 Å². The van der Waals surface area contributed by atoms with Gasteiger partial charge in [-0.1, -0.05) is 36.4 Å². The van der Waals surface area contributed by atoms with E-state index in [1.165, 1.54) is 12.1 Å². The van der Waals surface area contributed by atoms with Crippen molar-refractivity contribution in [1.82, 2.24) is 5.32 Å². The molecule has 2 aromatic carbocycles. The molecule has 0 fully saturated rings. The minimum atomic E-state index is -4.94. The second-order valence-electron chi connectivity index (χ2n) is 5.57. The van der Waals surface area contributed by atoms with Crippen LogP contribution in [0.3, 0.4) is 0 Å². The lowest BCUT2D eigenvalue weighted by Crippen LogP contribution is -2.69. The van der Waals surface area contributed by atoms with Gasteiger partial charge in [-0.2, -0.15) is 13.2 Å². The number of aryl methyl sites for hydroxylation is 1. The highest BCUT2D eigenvalue weighted by Gasteiger charge is 2.65. The Morgan fingerprint density at radius 3 is 2.54 bits per heavy atom. The van der Waals surface area contributed by atoms with Crippen LogP contribution < -0.4 is 15.4 Å². The fraction of sp³-hybridized carbons (Fsp3) is 0.235. The molecular formula is C17H15F3N2O2. The second-order valence-corrected chi connectivity index (χ2v) is 5.57. The normalized spacial score (nSPS) is 20.1. The molecule has 24 heavy (non-hydrogen) atoms. The number of anilines is 1. The first-order valence-electron chi connectivity index (χ1n) is 7.29. The molecule has 7 heteroatoms. The molecule has 1 aliphatic heterocycles. The molecule has 2 aromatic rings. The van der Waals surface area contributed by atoms with Crippen LogP contribution in [-0.2, 0) is 11.3 Å². The lowest BCUT2D eigenvalue weighted by molar-refractivity contribution is -0.251. The number of amides is 1. The number of fused-ring (bicyclic) bond motifs is 1. The van der Waals surface area contributed by atoms with Crippen molar-refractivity contribution in [3.63, 3.8) is 0 Å². The summed E-state index contributed by atoms with van der Waals surface area (Å²) in [6.45, 7) is 1.56. The Kier molecular flexibility index (Phi) is 3.96. The molecular weight excluding hydrogens is 321 g/mol. The molecule has 0 saturated heterocycles. The van der Waals surface area contributed by atoms with Crippen LogP contribution in [-0.4, -0.2) is 17.8 Å². The minimum Gasteiger partial charge on any atom is -0.453 e. The lowest BCUT2D eigenvalue weighted by atomic mass is 10.1. The van der Waals surface area contributed by atoms with Crippen LogP contribution in [0.25, 0.3) is 0 Å². The van der Waals surface area contributed by atoms with Gasteiger partial charge in [0.25, 0.3) is 5.91 Å². The van der Waals surface area contributed by atoms with Gasteiger partial charge in [-0.3, -0.25) is 10.1 Å². The van der Waals surface area contributed by atoms with Crippen LogP contribution in [0.4, 0.5) is 18.9 Å². The van der Waals surface area contributed by atoms with E-state index in [0.717, 1.165) is 5.56 Å². The largest absolute Gasteiger partial charge is 0.453 e. The zero-order valence-corrected chi connectivity index (χ0v) is 12.8. The zero-order valence-electron chi connectivity index (χ0n) is 12.8. The number of rotatable bonds is 3. The molecule has 1 amide bonds. The summed E-state index contributed by atoms with van der Waals surface area (Å²) in [5.41, 5.74) is -1.59. The van der Waals surface area contributed by atoms with Gasteiger partial charge in [-0.25, -0.2) is 0 Å². The Bertz CT molecular complexity index is 762. The highest BCUT2D eigenvalue weighted by atomic mass is 19.4. The molecule has 1 aliphatic rings. The van der Waals surface area contributed by atoms with E-state index in [1.54, 1.807) is 43.3 Å². The van der Waals surface area contributed by atoms with Gasteiger partial charge in [0.1, 0.15) is 5.75 Å². The first-order valence-corrected chi connectivity index (χ1v) is 7.29. The molecule has 0 unspecified atom stereocenters. The molecule has 0 aromatic heterocycles. The summed E-state index contributed by atoms with van der Waals surface area (Å²) in [7, 11) is 0. The predicted molar refractivity (Wildman–Crippen MR) is 82.5 cm³/mol. The van der Waals surface area contributed by atoms with Gasteiger partial charge in [0.2, 0.25) is 0 Å². The molecule has 0 bridgehead atoms. The SMILES string of the molecule is Cc1ccc2c(c1)O[C@](NCc1ccccc1)(C(F)(F)F)C(=O)N2. The Hall–Kier alpha value is -2.54. The number of alkyl halides is 3. The topological polar surface area (TPSA) is 50.4 Å². The predicted octanol–water partition coefficient (Wildman–Crippen LogP) is 3.37. The van der Waals surface area contributed by atoms with Gasteiger partial charge in [0.05, 0.1) is 5.69 Å². The number of benzene rings is 2. The van der Waals surface area contributed by atoms with Crippen molar-refractivity contribution >= 4 is 11.6 Å². The van der Waals surface area contributed by atoms with E-state index in [-0.39, 0.29) is 18.0 Å². The number of carbonyl (C=O) groups excluding carboxylic acids is 1. The second kappa shape index (κ2) is 5.83. The van der Waals surface area contributed by atoms with E-state index in [1.807, 2.05) is 0 Å². The van der Waals surface area contributed by atoms with Crippen molar-refractivity contribution in [2.24, 2.45) is 0 Å². The number of halogens is 3. The summed E-state index contributed by atoms with van der Waals surface area (Å²) in [5, 5.41) is 4.52. The van der Waals surface area contributed by atoms with Gasteiger partial charge in [-0.05, 0) is 30.2 Å². The van der Waals surface area contributed by atoms with Crippen molar-refractivity contribution < 1.29 is 22.7 Å². The van der Waals surface area contributed by atoms with Crippen LogP contribution in [0.1, 0.15) is 11.1 Å². The molecule has 0 aliphatic carbocycles. The third kappa shape index (κ3) is 2.82. The van der Waals surface area contributed by atoms with Gasteiger partial charge in [-0.15, -0.1) is 0 Å².